The van der Waals surface area contributed by atoms with Crippen LogP contribution in [-0.2, 0) is 14.3 Å². The Morgan fingerprint density at radius 1 is 1.41 bits per heavy atom. The summed E-state index contributed by atoms with van der Waals surface area (Å²) in [4.78, 5) is 11.7. The second kappa shape index (κ2) is 6.97. The quantitative estimate of drug-likeness (QED) is 0.661. The summed E-state index contributed by atoms with van der Waals surface area (Å²) >= 11 is 0. The Bertz CT molecular complexity index is 233. The van der Waals surface area contributed by atoms with Gasteiger partial charge in [0.25, 0.3) is 0 Å². The topological polar surface area (TPSA) is 47.6 Å². The van der Waals surface area contributed by atoms with Gasteiger partial charge >= 0.3 is 5.97 Å². The molecular formula is C13H25NO3. The van der Waals surface area contributed by atoms with Crippen LogP contribution in [0.4, 0.5) is 0 Å². The van der Waals surface area contributed by atoms with Crippen molar-refractivity contribution in [2.24, 2.45) is 0 Å². The van der Waals surface area contributed by atoms with Gasteiger partial charge in [-0.15, -0.1) is 0 Å². The average molecular weight is 243 g/mol. The van der Waals surface area contributed by atoms with Crippen LogP contribution in [0.25, 0.3) is 0 Å². The molecule has 100 valence electrons. The van der Waals surface area contributed by atoms with Gasteiger partial charge in [-0.3, -0.25) is 4.79 Å². The normalized spacial score (nSPS) is 19.5. The van der Waals surface area contributed by atoms with Crippen LogP contribution in [-0.4, -0.2) is 37.9 Å². The molecule has 0 bridgehead atoms. The van der Waals surface area contributed by atoms with Gasteiger partial charge in [0.2, 0.25) is 0 Å². The molecule has 0 radical (unpaired) electrons. The van der Waals surface area contributed by atoms with Crippen LogP contribution >= 0.6 is 0 Å². The number of nitrogens with one attached hydrogen (secondary N) is 1. The molecule has 0 aromatic heterocycles. The van der Waals surface area contributed by atoms with Gasteiger partial charge in [0.05, 0.1) is 12.2 Å². The highest BCUT2D eigenvalue weighted by Crippen LogP contribution is 2.34. The van der Waals surface area contributed by atoms with Crippen molar-refractivity contribution in [2.45, 2.75) is 57.6 Å². The standard InChI is InChI=1S/C13H25NO3/c1-4-7-11(12(15)17-5-2)14-10-13(16-3)8-6-9-13/h11,14H,4-10H2,1-3H3. The fourth-order valence-corrected chi connectivity index (χ4v) is 2.17. The zero-order valence-corrected chi connectivity index (χ0v) is 11.3. The SMILES string of the molecule is CCCC(NCC1(OC)CCC1)C(=O)OCC. The Hall–Kier alpha value is -0.610. The Morgan fingerprint density at radius 3 is 2.53 bits per heavy atom. The van der Waals surface area contributed by atoms with Crippen LogP contribution in [0, 0.1) is 0 Å². The van der Waals surface area contributed by atoms with E-state index in [2.05, 4.69) is 12.2 Å². The zero-order chi connectivity index (χ0) is 12.7. The summed E-state index contributed by atoms with van der Waals surface area (Å²) < 4.78 is 10.6. The third-order valence-corrected chi connectivity index (χ3v) is 3.52. The minimum Gasteiger partial charge on any atom is -0.465 e. The van der Waals surface area contributed by atoms with E-state index in [1.54, 1.807) is 7.11 Å². The van der Waals surface area contributed by atoms with Crippen molar-refractivity contribution in [3.05, 3.63) is 0 Å². The molecule has 0 aliphatic heterocycles. The van der Waals surface area contributed by atoms with E-state index in [1.165, 1.54) is 6.42 Å². The Morgan fingerprint density at radius 2 is 2.12 bits per heavy atom. The van der Waals surface area contributed by atoms with Crippen LogP contribution in [0.3, 0.4) is 0 Å². The third kappa shape index (κ3) is 3.96. The van der Waals surface area contributed by atoms with E-state index in [-0.39, 0.29) is 17.6 Å². The summed E-state index contributed by atoms with van der Waals surface area (Å²) in [5, 5.41) is 3.30. The highest BCUT2D eigenvalue weighted by molar-refractivity contribution is 5.75. The molecule has 0 amide bonds. The molecule has 0 aromatic carbocycles. The molecule has 4 nitrogen and oxygen atoms in total. The number of ether oxygens (including phenoxy) is 2. The van der Waals surface area contributed by atoms with Gasteiger partial charge < -0.3 is 14.8 Å². The molecule has 0 aromatic rings. The predicted molar refractivity (Wildman–Crippen MR) is 66.9 cm³/mol. The molecule has 1 fully saturated rings. The predicted octanol–water partition coefficient (Wildman–Crippen LogP) is 1.88. The first-order valence-corrected chi connectivity index (χ1v) is 6.62. The second-order valence-electron chi connectivity index (χ2n) is 4.71. The number of carbonyl (C=O) groups excluding carboxylic acids is 1. The number of esters is 1. The van der Waals surface area contributed by atoms with E-state index in [1.807, 2.05) is 6.92 Å². The molecule has 1 saturated carbocycles. The fourth-order valence-electron chi connectivity index (χ4n) is 2.17. The summed E-state index contributed by atoms with van der Waals surface area (Å²) in [5.41, 5.74) is -0.0432. The summed E-state index contributed by atoms with van der Waals surface area (Å²) in [6, 6.07) is -0.187. The lowest BCUT2D eigenvalue weighted by Gasteiger charge is -2.41. The summed E-state index contributed by atoms with van der Waals surface area (Å²) in [7, 11) is 1.75. The highest BCUT2D eigenvalue weighted by atomic mass is 16.5. The van der Waals surface area contributed by atoms with E-state index in [4.69, 9.17) is 9.47 Å². The smallest absolute Gasteiger partial charge is 0.323 e. The van der Waals surface area contributed by atoms with E-state index in [0.717, 1.165) is 32.2 Å². The van der Waals surface area contributed by atoms with Crippen LogP contribution in [0.1, 0.15) is 46.0 Å². The van der Waals surface area contributed by atoms with Gasteiger partial charge in [0.15, 0.2) is 0 Å². The highest BCUT2D eigenvalue weighted by Gasteiger charge is 2.37. The Balaban J connectivity index is 2.40. The average Bonchev–Trinajstić information content (AvgIpc) is 2.27. The summed E-state index contributed by atoms with van der Waals surface area (Å²) in [6.07, 6.45) is 5.17. The number of hydrogen-bond acceptors (Lipinski definition) is 4. The zero-order valence-electron chi connectivity index (χ0n) is 11.3. The summed E-state index contributed by atoms with van der Waals surface area (Å²) in [5.74, 6) is -0.139. The van der Waals surface area contributed by atoms with Crippen molar-refractivity contribution in [2.75, 3.05) is 20.3 Å². The van der Waals surface area contributed by atoms with Crippen molar-refractivity contribution in [1.82, 2.24) is 5.32 Å². The molecule has 4 heteroatoms. The third-order valence-electron chi connectivity index (χ3n) is 3.52. The first-order chi connectivity index (χ1) is 8.17. The lowest BCUT2D eigenvalue weighted by atomic mass is 9.80. The van der Waals surface area contributed by atoms with Gasteiger partial charge in [-0.05, 0) is 32.6 Å². The molecular weight excluding hydrogens is 218 g/mol. The van der Waals surface area contributed by atoms with Crippen LogP contribution in [0.5, 0.6) is 0 Å². The van der Waals surface area contributed by atoms with Gasteiger partial charge in [-0.1, -0.05) is 13.3 Å². The Labute approximate surface area is 104 Å². The van der Waals surface area contributed by atoms with Crippen LogP contribution in [0.2, 0.25) is 0 Å². The molecule has 1 aliphatic rings. The van der Waals surface area contributed by atoms with Gasteiger partial charge in [0, 0.05) is 13.7 Å². The van der Waals surface area contributed by atoms with Crippen molar-refractivity contribution in [3.63, 3.8) is 0 Å². The maximum absolute atomic E-state index is 11.7. The molecule has 0 spiro atoms. The van der Waals surface area contributed by atoms with Crippen LogP contribution in [0.15, 0.2) is 0 Å². The number of carbonyl (C=O) groups is 1. The van der Waals surface area contributed by atoms with Gasteiger partial charge in [-0.25, -0.2) is 0 Å². The monoisotopic (exact) mass is 243 g/mol. The molecule has 0 heterocycles. The maximum Gasteiger partial charge on any atom is 0.323 e. The van der Waals surface area contributed by atoms with E-state index >= 15 is 0 Å². The minimum atomic E-state index is -0.187. The molecule has 1 N–H and O–H groups in total. The number of hydrogen-bond donors (Lipinski definition) is 1. The van der Waals surface area contributed by atoms with Crippen molar-refractivity contribution in [1.29, 1.82) is 0 Å². The van der Waals surface area contributed by atoms with Gasteiger partial charge in [0.1, 0.15) is 6.04 Å². The van der Waals surface area contributed by atoms with Crippen molar-refractivity contribution >= 4 is 5.97 Å². The first kappa shape index (κ1) is 14.5. The number of rotatable bonds is 8. The number of methoxy groups -OCH3 is 1. The van der Waals surface area contributed by atoms with Crippen molar-refractivity contribution < 1.29 is 14.3 Å². The van der Waals surface area contributed by atoms with Crippen molar-refractivity contribution in [3.8, 4) is 0 Å². The van der Waals surface area contributed by atoms with E-state index in [9.17, 15) is 4.79 Å². The van der Waals surface area contributed by atoms with Gasteiger partial charge in [-0.2, -0.15) is 0 Å². The lowest BCUT2D eigenvalue weighted by molar-refractivity contribution is -0.146. The molecule has 1 unspecified atom stereocenters. The van der Waals surface area contributed by atoms with Crippen LogP contribution < -0.4 is 5.32 Å². The molecule has 1 rings (SSSR count). The van der Waals surface area contributed by atoms with E-state index < -0.39 is 0 Å². The first-order valence-electron chi connectivity index (χ1n) is 6.62. The second-order valence-corrected chi connectivity index (χ2v) is 4.71. The minimum absolute atomic E-state index is 0.0432. The fraction of sp³-hybridized carbons (Fsp3) is 0.923. The molecule has 1 aliphatic carbocycles. The lowest BCUT2D eigenvalue weighted by Crippen LogP contribution is -2.52. The van der Waals surface area contributed by atoms with E-state index in [0.29, 0.717) is 6.61 Å². The maximum atomic E-state index is 11.7. The largest absolute Gasteiger partial charge is 0.465 e. The molecule has 1 atom stereocenters. The summed E-state index contributed by atoms with van der Waals surface area (Å²) in [6.45, 7) is 5.09. The molecule has 17 heavy (non-hydrogen) atoms. The Kier molecular flexibility index (Phi) is 5.92. The molecule has 0 saturated heterocycles.